The van der Waals surface area contributed by atoms with Crippen LogP contribution >= 0.6 is 11.8 Å². The Labute approximate surface area is 113 Å². The van der Waals surface area contributed by atoms with Gasteiger partial charge in [0.05, 0.1) is 4.90 Å². The maximum absolute atomic E-state index is 6.11. The SMILES string of the molecule is CC1(C)Oc2c(CC3CCNCC3)cccc2S1. The van der Waals surface area contributed by atoms with Crippen molar-refractivity contribution in [3.8, 4) is 5.75 Å². The molecule has 1 aromatic rings. The highest BCUT2D eigenvalue weighted by Gasteiger charge is 2.32. The third kappa shape index (κ3) is 2.52. The van der Waals surface area contributed by atoms with Crippen LogP contribution in [0.4, 0.5) is 0 Å². The first kappa shape index (κ1) is 12.4. The van der Waals surface area contributed by atoms with Crippen molar-refractivity contribution in [2.75, 3.05) is 13.1 Å². The van der Waals surface area contributed by atoms with E-state index in [0.29, 0.717) is 0 Å². The first-order valence-corrected chi connectivity index (χ1v) is 7.66. The van der Waals surface area contributed by atoms with Crippen LogP contribution in [0.1, 0.15) is 32.3 Å². The van der Waals surface area contributed by atoms with Crippen molar-refractivity contribution in [3.63, 3.8) is 0 Å². The van der Waals surface area contributed by atoms with E-state index in [0.717, 1.165) is 11.7 Å². The number of nitrogens with one attached hydrogen (secondary N) is 1. The van der Waals surface area contributed by atoms with Gasteiger partial charge in [-0.3, -0.25) is 0 Å². The molecule has 1 aromatic carbocycles. The number of piperidine rings is 1. The molecular weight excluding hydrogens is 242 g/mol. The standard InChI is InChI=1S/C15H21NOS/c1-15(2)17-14-12(4-3-5-13(14)18-15)10-11-6-8-16-9-7-11/h3-5,11,16H,6-10H2,1-2H3. The van der Waals surface area contributed by atoms with Crippen LogP contribution in [0, 0.1) is 5.92 Å². The Kier molecular flexibility index (Phi) is 3.29. The first-order chi connectivity index (χ1) is 8.64. The monoisotopic (exact) mass is 263 g/mol. The van der Waals surface area contributed by atoms with Crippen LogP contribution in [0.3, 0.4) is 0 Å². The highest BCUT2D eigenvalue weighted by molar-refractivity contribution is 8.00. The maximum Gasteiger partial charge on any atom is 0.153 e. The first-order valence-electron chi connectivity index (χ1n) is 6.85. The molecule has 0 amide bonds. The molecule has 0 spiro atoms. The van der Waals surface area contributed by atoms with Gasteiger partial charge in [0.15, 0.2) is 4.93 Å². The molecule has 1 N–H and O–H groups in total. The number of hydrogen-bond acceptors (Lipinski definition) is 3. The van der Waals surface area contributed by atoms with Gasteiger partial charge in [-0.2, -0.15) is 0 Å². The van der Waals surface area contributed by atoms with Gasteiger partial charge in [0.1, 0.15) is 5.75 Å². The van der Waals surface area contributed by atoms with E-state index in [-0.39, 0.29) is 4.93 Å². The van der Waals surface area contributed by atoms with E-state index in [9.17, 15) is 0 Å². The van der Waals surface area contributed by atoms with Crippen LogP contribution in [0.25, 0.3) is 0 Å². The van der Waals surface area contributed by atoms with Crippen molar-refractivity contribution in [1.29, 1.82) is 0 Å². The summed E-state index contributed by atoms with van der Waals surface area (Å²) in [4.78, 5) is 1.21. The van der Waals surface area contributed by atoms with Gasteiger partial charge in [0.25, 0.3) is 0 Å². The molecule has 0 saturated carbocycles. The molecule has 0 radical (unpaired) electrons. The molecular formula is C15H21NOS. The number of ether oxygens (including phenoxy) is 1. The predicted molar refractivity (Wildman–Crippen MR) is 76.3 cm³/mol. The predicted octanol–water partition coefficient (Wildman–Crippen LogP) is 3.45. The van der Waals surface area contributed by atoms with Gasteiger partial charge in [0.2, 0.25) is 0 Å². The zero-order valence-electron chi connectivity index (χ0n) is 11.2. The molecule has 2 aliphatic heterocycles. The minimum absolute atomic E-state index is 0.105. The summed E-state index contributed by atoms with van der Waals surface area (Å²) in [5.74, 6) is 1.96. The second-order valence-corrected chi connectivity index (χ2v) is 7.37. The molecule has 18 heavy (non-hydrogen) atoms. The van der Waals surface area contributed by atoms with Crippen molar-refractivity contribution in [2.45, 2.75) is 42.9 Å². The molecule has 0 atom stereocenters. The summed E-state index contributed by atoms with van der Waals surface area (Å²) >= 11 is 1.83. The van der Waals surface area contributed by atoms with E-state index >= 15 is 0 Å². The van der Waals surface area contributed by atoms with E-state index < -0.39 is 0 Å². The summed E-state index contributed by atoms with van der Waals surface area (Å²) in [7, 11) is 0. The Bertz CT molecular complexity index is 438. The smallest absolute Gasteiger partial charge is 0.153 e. The molecule has 2 nitrogen and oxygen atoms in total. The Morgan fingerprint density at radius 2 is 2.11 bits per heavy atom. The van der Waals surface area contributed by atoms with Crippen LogP contribution in [-0.2, 0) is 6.42 Å². The summed E-state index contributed by atoms with van der Waals surface area (Å²) in [5.41, 5.74) is 1.40. The van der Waals surface area contributed by atoms with Crippen molar-refractivity contribution in [2.24, 2.45) is 5.92 Å². The van der Waals surface area contributed by atoms with E-state index in [1.54, 1.807) is 0 Å². The summed E-state index contributed by atoms with van der Waals surface area (Å²) in [6.45, 7) is 6.62. The van der Waals surface area contributed by atoms with Crippen LogP contribution < -0.4 is 10.1 Å². The second-order valence-electron chi connectivity index (χ2n) is 5.75. The Morgan fingerprint density at radius 3 is 2.89 bits per heavy atom. The summed E-state index contributed by atoms with van der Waals surface area (Å²) < 4.78 is 6.11. The van der Waals surface area contributed by atoms with E-state index in [2.05, 4.69) is 37.4 Å². The largest absolute Gasteiger partial charge is 0.475 e. The average molecular weight is 263 g/mol. The number of thioether (sulfide) groups is 1. The lowest BCUT2D eigenvalue weighted by Gasteiger charge is -2.23. The lowest BCUT2D eigenvalue weighted by molar-refractivity contribution is 0.211. The maximum atomic E-state index is 6.11. The quantitative estimate of drug-likeness (QED) is 0.883. The molecule has 0 bridgehead atoms. The fourth-order valence-electron chi connectivity index (χ4n) is 2.85. The van der Waals surface area contributed by atoms with Crippen LogP contribution in [0.5, 0.6) is 5.75 Å². The fourth-order valence-corrected chi connectivity index (χ4v) is 3.91. The van der Waals surface area contributed by atoms with Gasteiger partial charge in [-0.15, -0.1) is 0 Å². The van der Waals surface area contributed by atoms with Gasteiger partial charge in [-0.05, 0) is 63.7 Å². The summed E-state index contributed by atoms with van der Waals surface area (Å²) in [6.07, 6.45) is 3.75. The zero-order chi connectivity index (χ0) is 12.6. The average Bonchev–Trinajstić information content (AvgIpc) is 2.66. The molecule has 2 aliphatic rings. The molecule has 3 heteroatoms. The van der Waals surface area contributed by atoms with Crippen LogP contribution in [0.15, 0.2) is 23.1 Å². The van der Waals surface area contributed by atoms with Crippen molar-refractivity contribution in [3.05, 3.63) is 23.8 Å². The summed E-state index contributed by atoms with van der Waals surface area (Å²) in [5, 5.41) is 3.43. The van der Waals surface area contributed by atoms with Crippen molar-refractivity contribution in [1.82, 2.24) is 5.32 Å². The van der Waals surface area contributed by atoms with Gasteiger partial charge in [-0.1, -0.05) is 23.9 Å². The van der Waals surface area contributed by atoms with Gasteiger partial charge in [0, 0.05) is 0 Å². The van der Waals surface area contributed by atoms with Gasteiger partial charge >= 0.3 is 0 Å². The van der Waals surface area contributed by atoms with E-state index in [1.165, 1.54) is 42.8 Å². The zero-order valence-corrected chi connectivity index (χ0v) is 12.0. The highest BCUT2D eigenvalue weighted by atomic mass is 32.2. The van der Waals surface area contributed by atoms with E-state index in [4.69, 9.17) is 4.74 Å². The van der Waals surface area contributed by atoms with Crippen LogP contribution in [-0.4, -0.2) is 18.0 Å². The molecule has 0 unspecified atom stereocenters. The van der Waals surface area contributed by atoms with Crippen molar-refractivity contribution >= 4 is 11.8 Å². The number of para-hydroxylation sites is 1. The molecule has 0 aliphatic carbocycles. The Balaban J connectivity index is 1.79. The molecule has 1 saturated heterocycles. The fraction of sp³-hybridized carbons (Fsp3) is 0.600. The number of fused-ring (bicyclic) bond motifs is 1. The molecule has 0 aromatic heterocycles. The lowest BCUT2D eigenvalue weighted by Crippen LogP contribution is -2.28. The second kappa shape index (κ2) is 4.78. The minimum atomic E-state index is -0.105. The number of hydrogen-bond donors (Lipinski definition) is 1. The Morgan fingerprint density at radius 1 is 1.33 bits per heavy atom. The molecule has 3 rings (SSSR count). The third-order valence-electron chi connectivity index (χ3n) is 3.73. The van der Waals surface area contributed by atoms with Crippen molar-refractivity contribution < 1.29 is 4.74 Å². The van der Waals surface area contributed by atoms with Gasteiger partial charge < -0.3 is 10.1 Å². The molecule has 98 valence electrons. The number of benzene rings is 1. The Hall–Kier alpha value is -0.670. The third-order valence-corrected chi connectivity index (χ3v) is 4.85. The lowest BCUT2D eigenvalue weighted by atomic mass is 9.90. The topological polar surface area (TPSA) is 21.3 Å². The normalized spacial score (nSPS) is 22.6. The van der Waals surface area contributed by atoms with Gasteiger partial charge in [-0.25, -0.2) is 0 Å². The van der Waals surface area contributed by atoms with Crippen LogP contribution in [0.2, 0.25) is 0 Å². The van der Waals surface area contributed by atoms with E-state index in [1.807, 2.05) is 11.8 Å². The number of rotatable bonds is 2. The highest BCUT2D eigenvalue weighted by Crippen LogP contribution is 2.49. The minimum Gasteiger partial charge on any atom is -0.475 e. The molecule has 1 fully saturated rings. The summed E-state index contributed by atoms with van der Waals surface area (Å²) in [6, 6.07) is 6.59. The molecule has 2 heterocycles.